The van der Waals surface area contributed by atoms with Gasteiger partial charge >= 0.3 is 5.97 Å². The molecule has 0 aliphatic heterocycles. The second kappa shape index (κ2) is 5.61. The molecule has 0 bridgehead atoms. The lowest BCUT2D eigenvalue weighted by atomic mass is 9.80. The minimum Gasteiger partial charge on any atom is -0.506 e. The maximum absolute atomic E-state index is 11.2. The van der Waals surface area contributed by atoms with Crippen LogP contribution < -0.4 is 5.32 Å². The zero-order valence-corrected chi connectivity index (χ0v) is 12.5. The van der Waals surface area contributed by atoms with Gasteiger partial charge in [-0.1, -0.05) is 29.8 Å². The molecule has 0 spiro atoms. The van der Waals surface area contributed by atoms with Crippen molar-refractivity contribution in [2.24, 2.45) is 0 Å². The van der Waals surface area contributed by atoms with Gasteiger partial charge < -0.3 is 15.5 Å². The maximum Gasteiger partial charge on any atom is 0.304 e. The number of hydrogen-bond acceptors (Lipinski definition) is 3. The number of amides is 1. The lowest BCUT2D eigenvalue weighted by Gasteiger charge is -2.27. The van der Waals surface area contributed by atoms with E-state index in [2.05, 4.69) is 21.2 Å². The minimum absolute atomic E-state index is 0.0909. The summed E-state index contributed by atoms with van der Waals surface area (Å²) in [5.41, 5.74) is 0.0551. The van der Waals surface area contributed by atoms with Crippen molar-refractivity contribution in [2.75, 3.05) is 5.32 Å². The molecule has 0 unspecified atom stereocenters. The highest BCUT2D eigenvalue weighted by atomic mass is 79.9. The first kappa shape index (κ1) is 15.5. The Morgan fingerprint density at radius 2 is 1.95 bits per heavy atom. The maximum atomic E-state index is 11.2. The van der Waals surface area contributed by atoms with Crippen LogP contribution in [0.3, 0.4) is 0 Å². The van der Waals surface area contributed by atoms with Crippen LogP contribution in [-0.4, -0.2) is 22.1 Å². The molecule has 0 aliphatic rings. The fourth-order valence-electron chi connectivity index (χ4n) is 2.00. The summed E-state index contributed by atoms with van der Waals surface area (Å²) in [5, 5.41) is 21.4. The number of aliphatic carboxylic acids is 1. The largest absolute Gasteiger partial charge is 0.506 e. The summed E-state index contributed by atoms with van der Waals surface area (Å²) in [6.45, 7) is 4.81. The highest BCUT2D eigenvalue weighted by Gasteiger charge is 2.30. The predicted molar refractivity (Wildman–Crippen MR) is 75.4 cm³/mol. The van der Waals surface area contributed by atoms with E-state index < -0.39 is 11.4 Å². The molecule has 1 aromatic rings. The highest BCUT2D eigenvalue weighted by molar-refractivity contribution is 9.10. The Kier molecular flexibility index (Phi) is 4.57. The molecule has 0 heterocycles. The number of phenols is 1. The molecule has 104 valence electrons. The van der Waals surface area contributed by atoms with Crippen molar-refractivity contribution < 1.29 is 19.8 Å². The fraction of sp³-hybridized carbons (Fsp3) is 0.385. The van der Waals surface area contributed by atoms with Crippen LogP contribution in [0.5, 0.6) is 5.75 Å². The number of phenolic OH excluding ortho intramolecular Hbond substituents is 1. The predicted octanol–water partition coefficient (Wildman–Crippen LogP) is 2.87. The molecule has 0 aromatic heterocycles. The van der Waals surface area contributed by atoms with Crippen molar-refractivity contribution in [1.82, 2.24) is 0 Å². The molecular formula is C13H16BrNO4. The van der Waals surface area contributed by atoms with Gasteiger partial charge in [0, 0.05) is 16.8 Å². The van der Waals surface area contributed by atoms with Crippen LogP contribution in [0.2, 0.25) is 0 Å². The number of hydrogen-bond donors (Lipinski definition) is 3. The topological polar surface area (TPSA) is 86.6 Å². The third-order valence-corrected chi connectivity index (χ3v) is 3.36. The molecule has 0 radical (unpaired) electrons. The normalized spacial score (nSPS) is 11.2. The van der Waals surface area contributed by atoms with Gasteiger partial charge in [-0.15, -0.1) is 0 Å². The van der Waals surface area contributed by atoms with Gasteiger partial charge in [0.1, 0.15) is 5.75 Å². The van der Waals surface area contributed by atoms with E-state index in [4.69, 9.17) is 5.11 Å². The molecule has 0 aliphatic carbocycles. The first-order valence-electron chi connectivity index (χ1n) is 5.66. The molecule has 6 heteroatoms. The van der Waals surface area contributed by atoms with E-state index in [0.717, 1.165) is 0 Å². The molecule has 1 amide bonds. The van der Waals surface area contributed by atoms with Crippen LogP contribution in [0.4, 0.5) is 5.69 Å². The van der Waals surface area contributed by atoms with Crippen molar-refractivity contribution in [1.29, 1.82) is 0 Å². The monoisotopic (exact) mass is 329 g/mol. The van der Waals surface area contributed by atoms with E-state index in [0.29, 0.717) is 10.0 Å². The van der Waals surface area contributed by atoms with Crippen molar-refractivity contribution in [3.05, 3.63) is 22.2 Å². The Hall–Kier alpha value is -1.56. The van der Waals surface area contributed by atoms with Gasteiger partial charge in [-0.25, -0.2) is 0 Å². The van der Waals surface area contributed by atoms with Crippen LogP contribution in [0.1, 0.15) is 32.8 Å². The van der Waals surface area contributed by atoms with Crippen molar-refractivity contribution in [3.63, 3.8) is 0 Å². The summed E-state index contributed by atoms with van der Waals surface area (Å²) in [6, 6.07) is 3.06. The van der Waals surface area contributed by atoms with E-state index in [1.807, 2.05) is 0 Å². The SMILES string of the molecule is CC(=O)Nc1c(O)ccc(Br)c1C(C)(C)CC(=O)O. The molecule has 0 saturated carbocycles. The number of aromatic hydroxyl groups is 1. The molecule has 0 saturated heterocycles. The van der Waals surface area contributed by atoms with Crippen molar-refractivity contribution in [3.8, 4) is 5.75 Å². The van der Waals surface area contributed by atoms with E-state index in [-0.39, 0.29) is 23.8 Å². The molecule has 0 atom stereocenters. The third kappa shape index (κ3) is 3.70. The number of rotatable bonds is 4. The van der Waals surface area contributed by atoms with Gasteiger partial charge in [0.2, 0.25) is 5.91 Å². The second-order valence-corrected chi connectivity index (χ2v) is 5.81. The van der Waals surface area contributed by atoms with E-state index in [1.165, 1.54) is 13.0 Å². The Balaban J connectivity index is 3.43. The first-order valence-corrected chi connectivity index (χ1v) is 6.46. The molecule has 5 nitrogen and oxygen atoms in total. The fourth-order valence-corrected chi connectivity index (χ4v) is 2.86. The van der Waals surface area contributed by atoms with Crippen LogP contribution in [0.25, 0.3) is 0 Å². The van der Waals surface area contributed by atoms with Gasteiger partial charge in [0.25, 0.3) is 0 Å². The Labute approximate surface area is 119 Å². The lowest BCUT2D eigenvalue weighted by molar-refractivity contribution is -0.138. The minimum atomic E-state index is -0.950. The van der Waals surface area contributed by atoms with E-state index in [9.17, 15) is 14.7 Å². The quantitative estimate of drug-likeness (QED) is 0.741. The average molecular weight is 330 g/mol. The molecule has 1 rings (SSSR count). The molecule has 1 aromatic carbocycles. The number of carboxylic acids is 1. The molecular weight excluding hydrogens is 314 g/mol. The smallest absolute Gasteiger partial charge is 0.304 e. The summed E-state index contributed by atoms with van der Waals surface area (Å²) in [5.74, 6) is -1.37. The van der Waals surface area contributed by atoms with Gasteiger partial charge in [-0.2, -0.15) is 0 Å². The summed E-state index contributed by atoms with van der Waals surface area (Å²) in [6.07, 6.45) is -0.123. The summed E-state index contributed by atoms with van der Waals surface area (Å²) >= 11 is 3.34. The van der Waals surface area contributed by atoms with Crippen molar-refractivity contribution >= 4 is 33.5 Å². The Morgan fingerprint density at radius 3 is 2.42 bits per heavy atom. The number of halogens is 1. The van der Waals surface area contributed by atoms with Gasteiger partial charge in [-0.3, -0.25) is 9.59 Å². The van der Waals surface area contributed by atoms with Gasteiger partial charge in [0.05, 0.1) is 12.1 Å². The van der Waals surface area contributed by atoms with Gasteiger partial charge in [0.15, 0.2) is 0 Å². The van der Waals surface area contributed by atoms with Crippen LogP contribution >= 0.6 is 15.9 Å². The number of carbonyl (C=O) groups excluding carboxylic acids is 1. The standard InChI is InChI=1S/C13H16BrNO4/c1-7(16)15-12-9(17)5-4-8(14)11(12)13(2,3)6-10(18)19/h4-5,17H,6H2,1-3H3,(H,15,16)(H,18,19). The van der Waals surface area contributed by atoms with E-state index in [1.54, 1.807) is 19.9 Å². The van der Waals surface area contributed by atoms with Crippen molar-refractivity contribution in [2.45, 2.75) is 32.6 Å². The van der Waals surface area contributed by atoms with E-state index >= 15 is 0 Å². The second-order valence-electron chi connectivity index (χ2n) is 4.95. The molecule has 3 N–H and O–H groups in total. The number of carbonyl (C=O) groups is 2. The average Bonchev–Trinajstić information content (AvgIpc) is 2.20. The Bertz CT molecular complexity index is 526. The number of anilines is 1. The van der Waals surface area contributed by atoms with Crippen LogP contribution in [-0.2, 0) is 15.0 Å². The van der Waals surface area contributed by atoms with Crippen LogP contribution in [0.15, 0.2) is 16.6 Å². The Morgan fingerprint density at radius 1 is 1.37 bits per heavy atom. The lowest BCUT2D eigenvalue weighted by Crippen LogP contribution is -2.24. The number of nitrogens with one attached hydrogen (secondary N) is 1. The van der Waals surface area contributed by atoms with Crippen LogP contribution in [0, 0.1) is 0 Å². The zero-order valence-electron chi connectivity index (χ0n) is 11.0. The highest BCUT2D eigenvalue weighted by Crippen LogP contribution is 2.42. The number of benzene rings is 1. The van der Waals surface area contributed by atoms with Gasteiger partial charge in [-0.05, 0) is 17.7 Å². The summed E-state index contributed by atoms with van der Waals surface area (Å²) in [7, 11) is 0. The third-order valence-electron chi connectivity index (χ3n) is 2.70. The number of carboxylic acid groups (broad SMARTS) is 1. The summed E-state index contributed by atoms with van der Waals surface area (Å²) in [4.78, 5) is 22.2. The molecule has 19 heavy (non-hydrogen) atoms. The molecule has 0 fully saturated rings. The first-order chi connectivity index (χ1) is 8.65. The zero-order chi connectivity index (χ0) is 14.8. The summed E-state index contributed by atoms with van der Waals surface area (Å²) < 4.78 is 0.639.